The van der Waals surface area contributed by atoms with Crippen LogP contribution in [0.3, 0.4) is 0 Å². The van der Waals surface area contributed by atoms with E-state index >= 15 is 0 Å². The van der Waals surface area contributed by atoms with E-state index in [1.807, 2.05) is 0 Å². The van der Waals surface area contributed by atoms with Gasteiger partial charge in [-0.2, -0.15) is 0 Å². The average molecular weight is 541 g/mol. The Balaban J connectivity index is 1.75. The molecular formula is C19H11Cl3F3N3O4S. The van der Waals surface area contributed by atoms with E-state index in [-0.39, 0.29) is 28.1 Å². The number of hydrogen-bond acceptors (Lipinski definition) is 5. The molecule has 1 amide bonds. The van der Waals surface area contributed by atoms with Crippen LogP contribution in [0.25, 0.3) is 0 Å². The molecule has 0 fully saturated rings. The smallest absolute Gasteiger partial charge is 0.406 e. The van der Waals surface area contributed by atoms with Crippen LogP contribution in [0.5, 0.6) is 5.75 Å². The number of alkyl halides is 3. The topological polar surface area (TPSA) is 81.5 Å². The van der Waals surface area contributed by atoms with Gasteiger partial charge in [0.25, 0.3) is 15.0 Å². The number of fused-ring (bicyclic) bond motifs is 1. The van der Waals surface area contributed by atoms with Gasteiger partial charge < -0.3 is 4.74 Å². The molecule has 0 saturated carbocycles. The Kier molecular flexibility index (Phi) is 6.02. The van der Waals surface area contributed by atoms with E-state index in [1.54, 1.807) is 0 Å². The highest BCUT2D eigenvalue weighted by Crippen LogP contribution is 2.41. The van der Waals surface area contributed by atoms with Crippen molar-refractivity contribution in [1.29, 1.82) is 0 Å². The first-order chi connectivity index (χ1) is 15.3. The van der Waals surface area contributed by atoms with Crippen LogP contribution in [0, 0.1) is 0 Å². The van der Waals surface area contributed by atoms with Gasteiger partial charge in [0.1, 0.15) is 11.8 Å². The lowest BCUT2D eigenvalue weighted by atomic mass is 10.1. The van der Waals surface area contributed by atoms with Gasteiger partial charge in [0.15, 0.2) is 5.03 Å². The number of anilines is 2. The maximum Gasteiger partial charge on any atom is 0.573 e. The fourth-order valence-electron chi connectivity index (χ4n) is 3.47. The van der Waals surface area contributed by atoms with Crippen molar-refractivity contribution in [2.45, 2.75) is 23.9 Å². The normalized spacial score (nSPS) is 16.2. The SMILES string of the molecule is O=C1[C@@H](Cc2ccc(OC(F)(F)F)cc2)n2c(S(=O)(=O)Cl)cnc2N1c1cc(Cl)cc(Cl)c1. The number of nitrogens with zero attached hydrogens (tertiary/aromatic N) is 3. The van der Waals surface area contributed by atoms with Gasteiger partial charge in [-0.25, -0.2) is 18.3 Å². The Morgan fingerprint density at radius 1 is 1.06 bits per heavy atom. The van der Waals surface area contributed by atoms with Crippen LogP contribution in [0.15, 0.2) is 53.7 Å². The second kappa shape index (κ2) is 8.39. The molecule has 2 heterocycles. The molecule has 3 aromatic rings. The lowest BCUT2D eigenvalue weighted by Gasteiger charge is -2.17. The molecule has 14 heteroatoms. The first-order valence-electron chi connectivity index (χ1n) is 9.00. The summed E-state index contributed by atoms with van der Waals surface area (Å²) in [4.78, 5) is 18.6. The third-order valence-electron chi connectivity index (χ3n) is 4.70. The minimum Gasteiger partial charge on any atom is -0.406 e. The van der Waals surface area contributed by atoms with Crippen LogP contribution in [-0.4, -0.2) is 30.2 Å². The summed E-state index contributed by atoms with van der Waals surface area (Å²) in [6.45, 7) is 0. The number of ether oxygens (including phenoxy) is 1. The zero-order chi connectivity index (χ0) is 24.1. The summed E-state index contributed by atoms with van der Waals surface area (Å²) >= 11 is 12.1. The first kappa shape index (κ1) is 23.7. The second-order valence-electron chi connectivity index (χ2n) is 6.92. The standard InChI is InChI=1S/C19H11Cl3F3N3O4S/c20-11-6-12(21)8-13(7-11)27-17(29)15(28-16(33(22,30)31)9-26-18(27)28)5-10-1-3-14(4-2-10)32-19(23,24)25/h1-4,6-9,15H,5H2/t15-/m1/s1. The maximum atomic E-state index is 13.4. The van der Waals surface area contributed by atoms with E-state index in [2.05, 4.69) is 9.72 Å². The summed E-state index contributed by atoms with van der Waals surface area (Å²) in [7, 11) is 1.26. The average Bonchev–Trinajstić information content (AvgIpc) is 3.20. The number of halogens is 6. The van der Waals surface area contributed by atoms with Crippen molar-refractivity contribution in [2.24, 2.45) is 0 Å². The molecule has 0 N–H and O–H groups in total. The maximum absolute atomic E-state index is 13.4. The van der Waals surface area contributed by atoms with E-state index < -0.39 is 38.1 Å². The largest absolute Gasteiger partial charge is 0.573 e. The zero-order valence-corrected chi connectivity index (χ0v) is 19.1. The second-order valence-corrected chi connectivity index (χ2v) is 10.3. The van der Waals surface area contributed by atoms with Crippen molar-refractivity contribution in [3.05, 3.63) is 64.3 Å². The third kappa shape index (κ3) is 4.91. The van der Waals surface area contributed by atoms with Crippen LogP contribution in [-0.2, 0) is 20.3 Å². The van der Waals surface area contributed by atoms with Crippen molar-refractivity contribution in [1.82, 2.24) is 9.55 Å². The molecule has 1 aliphatic rings. The molecule has 7 nitrogen and oxygen atoms in total. The minimum atomic E-state index is -4.85. The molecular weight excluding hydrogens is 530 g/mol. The summed E-state index contributed by atoms with van der Waals surface area (Å²) in [5.41, 5.74) is 0.686. The van der Waals surface area contributed by atoms with E-state index in [0.29, 0.717) is 5.56 Å². The van der Waals surface area contributed by atoms with Gasteiger partial charge in [-0.15, -0.1) is 13.2 Å². The molecule has 1 atom stereocenters. The Labute approximate surface area is 199 Å². The van der Waals surface area contributed by atoms with Crippen molar-refractivity contribution in [3.63, 3.8) is 0 Å². The number of carbonyl (C=O) groups is 1. The van der Waals surface area contributed by atoms with Gasteiger partial charge in [-0.1, -0.05) is 35.3 Å². The predicted octanol–water partition coefficient (Wildman–Crippen LogP) is 5.48. The molecule has 4 rings (SSSR count). The first-order valence-corrected chi connectivity index (χ1v) is 12.1. The third-order valence-corrected chi connectivity index (χ3v) is 6.41. The number of amides is 1. The molecule has 1 aromatic heterocycles. The number of aromatic nitrogens is 2. The van der Waals surface area contributed by atoms with Gasteiger partial charge >= 0.3 is 6.36 Å². The molecule has 33 heavy (non-hydrogen) atoms. The van der Waals surface area contributed by atoms with Gasteiger partial charge in [-0.3, -0.25) is 9.36 Å². The number of benzene rings is 2. The van der Waals surface area contributed by atoms with E-state index in [9.17, 15) is 26.4 Å². The van der Waals surface area contributed by atoms with Crippen molar-refractivity contribution in [2.75, 3.05) is 4.90 Å². The highest BCUT2D eigenvalue weighted by atomic mass is 35.7. The molecule has 0 spiro atoms. The summed E-state index contributed by atoms with van der Waals surface area (Å²) in [5, 5.41) is 0.0553. The van der Waals surface area contributed by atoms with Crippen molar-refractivity contribution < 1.29 is 31.1 Å². The van der Waals surface area contributed by atoms with Gasteiger partial charge in [-0.05, 0) is 35.9 Å². The zero-order valence-electron chi connectivity index (χ0n) is 16.1. The van der Waals surface area contributed by atoms with E-state index in [1.165, 1.54) is 30.3 Å². The van der Waals surface area contributed by atoms with Crippen LogP contribution >= 0.6 is 33.9 Å². The molecule has 0 aliphatic carbocycles. The van der Waals surface area contributed by atoms with Crippen LogP contribution in [0.2, 0.25) is 10.0 Å². The number of hydrogen-bond donors (Lipinski definition) is 0. The molecule has 2 aromatic carbocycles. The van der Waals surface area contributed by atoms with Gasteiger partial charge in [0.2, 0.25) is 5.95 Å². The molecule has 0 bridgehead atoms. The highest BCUT2D eigenvalue weighted by molar-refractivity contribution is 8.13. The van der Waals surface area contributed by atoms with E-state index in [4.69, 9.17) is 33.9 Å². The highest BCUT2D eigenvalue weighted by Gasteiger charge is 2.43. The molecule has 174 valence electrons. The lowest BCUT2D eigenvalue weighted by molar-refractivity contribution is -0.274. The minimum absolute atomic E-state index is 0.0282. The molecule has 1 aliphatic heterocycles. The number of rotatable bonds is 5. The lowest BCUT2D eigenvalue weighted by Crippen LogP contribution is -2.26. The molecule has 0 unspecified atom stereocenters. The van der Waals surface area contributed by atoms with Crippen molar-refractivity contribution in [3.8, 4) is 5.75 Å². The Bertz CT molecular complexity index is 1320. The number of carbonyl (C=O) groups excluding carboxylic acids is 1. The van der Waals surface area contributed by atoms with Crippen LogP contribution in [0.1, 0.15) is 11.6 Å². The van der Waals surface area contributed by atoms with Crippen LogP contribution < -0.4 is 9.64 Å². The fourth-order valence-corrected chi connectivity index (χ4v) is 4.95. The summed E-state index contributed by atoms with van der Waals surface area (Å²) in [6.07, 6.45) is -3.91. The fraction of sp³-hybridized carbons (Fsp3) is 0.158. The Hall–Kier alpha value is -2.47. The summed E-state index contributed by atoms with van der Waals surface area (Å²) < 4.78 is 66.4. The molecule has 0 radical (unpaired) electrons. The number of imidazole rings is 1. The monoisotopic (exact) mass is 539 g/mol. The predicted molar refractivity (Wildman–Crippen MR) is 115 cm³/mol. The van der Waals surface area contributed by atoms with Gasteiger partial charge in [0, 0.05) is 27.1 Å². The van der Waals surface area contributed by atoms with Gasteiger partial charge in [0.05, 0.1) is 11.9 Å². The van der Waals surface area contributed by atoms with E-state index in [0.717, 1.165) is 27.8 Å². The summed E-state index contributed by atoms with van der Waals surface area (Å²) in [5.74, 6) is -1.03. The molecule has 0 saturated heterocycles. The quantitative estimate of drug-likeness (QED) is 0.401. The summed E-state index contributed by atoms with van der Waals surface area (Å²) in [6, 6.07) is 8.08. The van der Waals surface area contributed by atoms with Crippen molar-refractivity contribution >= 4 is 60.5 Å². The van der Waals surface area contributed by atoms with Crippen LogP contribution in [0.4, 0.5) is 24.8 Å². The Morgan fingerprint density at radius 2 is 1.67 bits per heavy atom. The Morgan fingerprint density at radius 3 is 2.21 bits per heavy atom.